The zero-order valence-electron chi connectivity index (χ0n) is 11.7. The number of benzene rings is 1. The molecule has 6 heteroatoms. The van der Waals surface area contributed by atoms with Gasteiger partial charge >= 0.3 is 0 Å². The van der Waals surface area contributed by atoms with Crippen LogP contribution in [0.5, 0.6) is 5.75 Å². The molecule has 0 radical (unpaired) electrons. The van der Waals surface area contributed by atoms with E-state index in [4.69, 9.17) is 19.9 Å². The van der Waals surface area contributed by atoms with Crippen LogP contribution in [0.3, 0.4) is 0 Å². The summed E-state index contributed by atoms with van der Waals surface area (Å²) in [6, 6.07) is 1.96. The predicted molar refractivity (Wildman–Crippen MR) is 73.2 cm³/mol. The Morgan fingerprint density at radius 2 is 1.90 bits per heavy atom. The molecule has 0 aromatic heterocycles. The van der Waals surface area contributed by atoms with Crippen LogP contribution in [-0.4, -0.2) is 31.5 Å². The monoisotopic (exact) mass is 299 g/mol. The minimum Gasteiger partial charge on any atom is -0.487 e. The van der Waals surface area contributed by atoms with Crippen molar-refractivity contribution in [2.75, 3.05) is 25.6 Å². The Labute approximate surface area is 122 Å². The molecule has 21 heavy (non-hydrogen) atoms. The van der Waals surface area contributed by atoms with Crippen LogP contribution in [0.1, 0.15) is 25.7 Å². The average Bonchev–Trinajstić information content (AvgIpc) is 2.46. The summed E-state index contributed by atoms with van der Waals surface area (Å²) in [4.78, 5) is 0. The number of ether oxygens (including phenoxy) is 3. The second-order valence-corrected chi connectivity index (χ2v) is 5.68. The third-order valence-corrected chi connectivity index (χ3v) is 4.20. The highest BCUT2D eigenvalue weighted by molar-refractivity contribution is 5.44. The first-order chi connectivity index (χ1) is 10.1. The first-order valence-corrected chi connectivity index (χ1v) is 7.21. The summed E-state index contributed by atoms with van der Waals surface area (Å²) in [5.41, 5.74) is 4.87. The van der Waals surface area contributed by atoms with Crippen LogP contribution in [0.4, 0.5) is 14.5 Å². The Hall–Kier alpha value is -1.40. The van der Waals surface area contributed by atoms with Gasteiger partial charge in [-0.3, -0.25) is 0 Å². The molecule has 2 saturated heterocycles. The van der Waals surface area contributed by atoms with Gasteiger partial charge in [-0.2, -0.15) is 0 Å². The normalized spacial score (nSPS) is 25.0. The molecule has 2 heterocycles. The summed E-state index contributed by atoms with van der Waals surface area (Å²) in [5, 5.41) is 0. The maximum Gasteiger partial charge on any atom is 0.167 e. The van der Waals surface area contributed by atoms with E-state index in [-0.39, 0.29) is 23.1 Å². The van der Waals surface area contributed by atoms with Crippen molar-refractivity contribution in [2.45, 2.75) is 37.4 Å². The molecule has 2 N–H and O–H groups in total. The molecule has 116 valence electrons. The smallest absolute Gasteiger partial charge is 0.167 e. The highest BCUT2D eigenvalue weighted by Gasteiger charge is 2.40. The summed E-state index contributed by atoms with van der Waals surface area (Å²) in [5.74, 6) is -1.39. The van der Waals surface area contributed by atoms with Crippen LogP contribution >= 0.6 is 0 Å². The molecule has 1 spiro atoms. The average molecular weight is 299 g/mol. The van der Waals surface area contributed by atoms with Crippen molar-refractivity contribution in [2.24, 2.45) is 0 Å². The third kappa shape index (κ3) is 3.11. The van der Waals surface area contributed by atoms with Crippen LogP contribution < -0.4 is 10.5 Å². The second kappa shape index (κ2) is 5.77. The molecule has 1 atom stereocenters. The number of nitrogens with two attached hydrogens (primary N) is 1. The number of anilines is 1. The highest BCUT2D eigenvalue weighted by atomic mass is 19.1. The Bertz CT molecular complexity index is 512. The molecule has 0 aliphatic carbocycles. The van der Waals surface area contributed by atoms with Crippen molar-refractivity contribution in [3.8, 4) is 5.75 Å². The Kier molecular flexibility index (Phi) is 3.99. The van der Waals surface area contributed by atoms with Crippen molar-refractivity contribution in [1.82, 2.24) is 0 Å². The lowest BCUT2D eigenvalue weighted by molar-refractivity contribution is -0.156. The lowest BCUT2D eigenvalue weighted by Crippen LogP contribution is -2.47. The van der Waals surface area contributed by atoms with E-state index in [2.05, 4.69) is 0 Å². The van der Waals surface area contributed by atoms with Crippen molar-refractivity contribution in [3.05, 3.63) is 23.8 Å². The van der Waals surface area contributed by atoms with Gasteiger partial charge in [-0.1, -0.05) is 0 Å². The standard InChI is InChI=1S/C15H19F2NO3/c16-11-8-14(12(17)7-13(11)18)21-10-1-4-20-15(9-10)2-5-19-6-3-15/h7-8,10H,1-6,9,18H2. The van der Waals surface area contributed by atoms with Gasteiger partial charge in [-0.05, 0) is 12.8 Å². The van der Waals surface area contributed by atoms with Gasteiger partial charge in [0.1, 0.15) is 11.9 Å². The number of halogens is 2. The van der Waals surface area contributed by atoms with E-state index in [0.29, 0.717) is 32.7 Å². The van der Waals surface area contributed by atoms with Gasteiger partial charge in [0.25, 0.3) is 0 Å². The summed E-state index contributed by atoms with van der Waals surface area (Å²) >= 11 is 0. The van der Waals surface area contributed by atoms with Crippen LogP contribution in [0, 0.1) is 11.6 Å². The van der Waals surface area contributed by atoms with Gasteiger partial charge in [0.15, 0.2) is 11.6 Å². The van der Waals surface area contributed by atoms with Gasteiger partial charge in [0.05, 0.1) is 17.9 Å². The van der Waals surface area contributed by atoms with Gasteiger partial charge < -0.3 is 19.9 Å². The van der Waals surface area contributed by atoms with Gasteiger partial charge in [-0.25, -0.2) is 8.78 Å². The van der Waals surface area contributed by atoms with Crippen LogP contribution in [-0.2, 0) is 9.47 Å². The summed E-state index contributed by atoms with van der Waals surface area (Å²) < 4.78 is 44.2. The van der Waals surface area contributed by atoms with E-state index in [1.165, 1.54) is 0 Å². The molecular formula is C15H19F2NO3. The van der Waals surface area contributed by atoms with Crippen LogP contribution in [0.25, 0.3) is 0 Å². The molecule has 2 aliphatic heterocycles. The largest absolute Gasteiger partial charge is 0.487 e. The molecule has 2 aliphatic rings. The SMILES string of the molecule is Nc1cc(F)c(OC2CCOC3(CCOCC3)C2)cc1F. The number of nitrogen functional groups attached to an aromatic ring is 1. The number of hydrogen-bond acceptors (Lipinski definition) is 4. The molecule has 0 bridgehead atoms. The maximum absolute atomic E-state index is 13.8. The molecule has 1 aromatic carbocycles. The summed E-state index contributed by atoms with van der Waals surface area (Å²) in [6.07, 6.45) is 2.77. The summed E-state index contributed by atoms with van der Waals surface area (Å²) in [7, 11) is 0. The van der Waals surface area contributed by atoms with Crippen molar-refractivity contribution < 1.29 is 23.0 Å². The van der Waals surface area contributed by atoms with Gasteiger partial charge in [0, 0.05) is 38.2 Å². The zero-order valence-corrected chi connectivity index (χ0v) is 11.7. The van der Waals surface area contributed by atoms with E-state index >= 15 is 0 Å². The molecule has 0 saturated carbocycles. The molecule has 1 unspecified atom stereocenters. The maximum atomic E-state index is 13.8. The van der Waals surface area contributed by atoms with Crippen molar-refractivity contribution >= 4 is 5.69 Å². The van der Waals surface area contributed by atoms with E-state index < -0.39 is 11.6 Å². The van der Waals surface area contributed by atoms with E-state index in [1.807, 2.05) is 0 Å². The second-order valence-electron chi connectivity index (χ2n) is 5.68. The highest BCUT2D eigenvalue weighted by Crippen LogP contribution is 2.36. The fourth-order valence-corrected chi connectivity index (χ4v) is 2.99. The zero-order chi connectivity index (χ0) is 14.9. The minimum absolute atomic E-state index is 0.0872. The third-order valence-electron chi connectivity index (χ3n) is 4.20. The first-order valence-electron chi connectivity index (χ1n) is 7.21. The van der Waals surface area contributed by atoms with E-state index in [1.54, 1.807) is 0 Å². The lowest BCUT2D eigenvalue weighted by Gasteiger charge is -2.43. The Balaban J connectivity index is 1.71. The summed E-state index contributed by atoms with van der Waals surface area (Å²) in [6.45, 7) is 1.89. The molecule has 3 rings (SSSR count). The first kappa shape index (κ1) is 14.5. The fraction of sp³-hybridized carbons (Fsp3) is 0.600. The van der Waals surface area contributed by atoms with Crippen LogP contribution in [0.2, 0.25) is 0 Å². The van der Waals surface area contributed by atoms with E-state index in [0.717, 1.165) is 25.0 Å². The minimum atomic E-state index is -0.667. The van der Waals surface area contributed by atoms with E-state index in [9.17, 15) is 8.78 Å². The molecule has 1 aromatic rings. The van der Waals surface area contributed by atoms with Gasteiger partial charge in [0.2, 0.25) is 0 Å². The Morgan fingerprint density at radius 3 is 2.67 bits per heavy atom. The lowest BCUT2D eigenvalue weighted by atomic mass is 9.85. The topological polar surface area (TPSA) is 53.7 Å². The molecular weight excluding hydrogens is 280 g/mol. The molecule has 4 nitrogen and oxygen atoms in total. The van der Waals surface area contributed by atoms with Crippen molar-refractivity contribution in [3.63, 3.8) is 0 Å². The quantitative estimate of drug-likeness (QED) is 0.853. The number of rotatable bonds is 2. The molecule has 2 fully saturated rings. The predicted octanol–water partition coefficient (Wildman–Crippen LogP) is 2.65. The van der Waals surface area contributed by atoms with Crippen LogP contribution in [0.15, 0.2) is 12.1 Å². The van der Waals surface area contributed by atoms with Gasteiger partial charge in [-0.15, -0.1) is 0 Å². The number of hydrogen-bond donors (Lipinski definition) is 1. The van der Waals surface area contributed by atoms with Crippen molar-refractivity contribution in [1.29, 1.82) is 0 Å². The Morgan fingerprint density at radius 1 is 1.14 bits per heavy atom. The molecule has 0 amide bonds. The fourth-order valence-electron chi connectivity index (χ4n) is 2.99.